The summed E-state index contributed by atoms with van der Waals surface area (Å²) in [5, 5.41) is 1.07. The highest BCUT2D eigenvalue weighted by Gasteiger charge is 2.04. The Labute approximate surface area is 122 Å². The molecule has 5 heteroatoms. The smallest absolute Gasteiger partial charge is 0.146 e. The number of rotatable bonds is 4. The van der Waals surface area contributed by atoms with Crippen molar-refractivity contribution in [2.45, 2.75) is 13.5 Å². The predicted octanol–water partition coefficient (Wildman–Crippen LogP) is 2.80. The minimum Gasteiger partial charge on any atom is -0.487 e. The number of aryl methyl sites for hydroxylation is 1. The molecule has 0 saturated carbocycles. The number of hydrogen-bond donors (Lipinski definition) is 2. The number of fused-ring (bicyclic) bond motifs is 1. The van der Waals surface area contributed by atoms with Crippen molar-refractivity contribution in [1.82, 2.24) is 9.97 Å². The molecule has 0 spiro atoms. The van der Waals surface area contributed by atoms with Crippen molar-refractivity contribution in [1.29, 1.82) is 0 Å². The number of ether oxygens (including phenoxy) is 1. The zero-order chi connectivity index (χ0) is 14.7. The summed E-state index contributed by atoms with van der Waals surface area (Å²) in [6, 6.07) is 13.7. The molecule has 3 N–H and O–H groups in total. The fraction of sp³-hybridized carbons (Fsp3) is 0.125. The molecule has 2 aromatic heterocycles. The SMILES string of the molecule is Cc1ccc2cccc(OCc3ccc(NN)nc3)c2n1. The van der Waals surface area contributed by atoms with Gasteiger partial charge in [0.2, 0.25) is 0 Å². The van der Waals surface area contributed by atoms with E-state index in [0.717, 1.165) is 27.9 Å². The number of nitrogens with one attached hydrogen (secondary N) is 1. The fourth-order valence-electron chi connectivity index (χ4n) is 2.09. The normalized spacial score (nSPS) is 10.6. The topological polar surface area (TPSA) is 73.1 Å². The summed E-state index contributed by atoms with van der Waals surface area (Å²) in [6.45, 7) is 2.41. The molecule has 3 rings (SSSR count). The monoisotopic (exact) mass is 280 g/mol. The Hall–Kier alpha value is -2.66. The minimum absolute atomic E-state index is 0.437. The number of anilines is 1. The molecule has 2 heterocycles. The van der Waals surface area contributed by atoms with E-state index >= 15 is 0 Å². The van der Waals surface area contributed by atoms with E-state index in [1.165, 1.54) is 0 Å². The number of pyridine rings is 2. The van der Waals surface area contributed by atoms with Crippen molar-refractivity contribution in [2.24, 2.45) is 5.84 Å². The van der Waals surface area contributed by atoms with Crippen LogP contribution in [0.3, 0.4) is 0 Å². The van der Waals surface area contributed by atoms with Gasteiger partial charge in [0.05, 0.1) is 0 Å². The van der Waals surface area contributed by atoms with Gasteiger partial charge >= 0.3 is 0 Å². The Balaban J connectivity index is 1.82. The maximum absolute atomic E-state index is 5.88. The fourth-order valence-corrected chi connectivity index (χ4v) is 2.09. The molecule has 0 aliphatic heterocycles. The number of benzene rings is 1. The van der Waals surface area contributed by atoms with Crippen molar-refractivity contribution in [2.75, 3.05) is 5.43 Å². The largest absolute Gasteiger partial charge is 0.487 e. The lowest BCUT2D eigenvalue weighted by atomic mass is 10.2. The lowest BCUT2D eigenvalue weighted by Gasteiger charge is -2.09. The number of hydrazine groups is 1. The maximum atomic E-state index is 5.88. The van der Waals surface area contributed by atoms with Gasteiger partial charge in [0, 0.05) is 22.8 Å². The summed E-state index contributed by atoms with van der Waals surface area (Å²) in [6.07, 6.45) is 1.74. The summed E-state index contributed by atoms with van der Waals surface area (Å²) in [5.74, 6) is 6.69. The second-order valence-corrected chi connectivity index (χ2v) is 4.77. The molecule has 1 aromatic carbocycles. The third-order valence-electron chi connectivity index (χ3n) is 3.19. The zero-order valence-corrected chi connectivity index (χ0v) is 11.7. The van der Waals surface area contributed by atoms with E-state index < -0.39 is 0 Å². The summed E-state index contributed by atoms with van der Waals surface area (Å²) in [7, 11) is 0. The first kappa shape index (κ1) is 13.3. The standard InChI is InChI=1S/C16H16N4O/c1-11-5-7-13-3-2-4-14(16(13)19-11)21-10-12-6-8-15(20-17)18-9-12/h2-9H,10,17H2,1H3,(H,18,20). The molecule has 0 amide bonds. The first-order valence-corrected chi connectivity index (χ1v) is 6.67. The van der Waals surface area contributed by atoms with Crippen molar-refractivity contribution in [3.05, 3.63) is 59.9 Å². The summed E-state index contributed by atoms with van der Waals surface area (Å²) >= 11 is 0. The van der Waals surface area contributed by atoms with Gasteiger partial charge in [-0.2, -0.15) is 0 Å². The van der Waals surface area contributed by atoms with Crippen LogP contribution in [0.25, 0.3) is 10.9 Å². The summed E-state index contributed by atoms with van der Waals surface area (Å²) in [5.41, 5.74) is 5.32. The van der Waals surface area contributed by atoms with Crippen molar-refractivity contribution in [3.8, 4) is 5.75 Å². The van der Waals surface area contributed by atoms with E-state index in [9.17, 15) is 0 Å². The Morgan fingerprint density at radius 1 is 1.14 bits per heavy atom. The first-order chi connectivity index (χ1) is 10.3. The van der Waals surface area contributed by atoms with Gasteiger partial charge in [-0.1, -0.05) is 24.3 Å². The van der Waals surface area contributed by atoms with Gasteiger partial charge in [0.25, 0.3) is 0 Å². The molecule has 0 fully saturated rings. The predicted molar refractivity (Wildman–Crippen MR) is 82.9 cm³/mol. The molecule has 0 aliphatic rings. The first-order valence-electron chi connectivity index (χ1n) is 6.67. The molecular weight excluding hydrogens is 264 g/mol. The van der Waals surface area contributed by atoms with Gasteiger partial charge in [0.1, 0.15) is 23.7 Å². The molecule has 0 saturated heterocycles. The van der Waals surface area contributed by atoms with Crippen LogP contribution < -0.4 is 16.0 Å². The molecule has 106 valence electrons. The third-order valence-corrected chi connectivity index (χ3v) is 3.19. The molecule has 0 radical (unpaired) electrons. The molecular formula is C16H16N4O. The van der Waals surface area contributed by atoms with Crippen molar-refractivity contribution in [3.63, 3.8) is 0 Å². The van der Waals surface area contributed by atoms with Crippen LogP contribution in [0.1, 0.15) is 11.3 Å². The van der Waals surface area contributed by atoms with Crippen LogP contribution in [-0.4, -0.2) is 9.97 Å². The van der Waals surface area contributed by atoms with E-state index in [2.05, 4.69) is 15.4 Å². The number of nitrogen functional groups attached to an aromatic ring is 1. The number of hydrogen-bond acceptors (Lipinski definition) is 5. The lowest BCUT2D eigenvalue weighted by Crippen LogP contribution is -2.08. The molecule has 0 bridgehead atoms. The Morgan fingerprint density at radius 2 is 2.05 bits per heavy atom. The van der Waals surface area contributed by atoms with Crippen LogP contribution in [0.4, 0.5) is 5.82 Å². The Bertz CT molecular complexity index is 756. The van der Waals surface area contributed by atoms with E-state index in [1.807, 2.05) is 49.4 Å². The molecule has 0 atom stereocenters. The van der Waals surface area contributed by atoms with Crippen LogP contribution in [0.2, 0.25) is 0 Å². The zero-order valence-electron chi connectivity index (χ0n) is 11.7. The highest BCUT2D eigenvalue weighted by atomic mass is 16.5. The van der Waals surface area contributed by atoms with Crippen LogP contribution in [0.15, 0.2) is 48.7 Å². The quantitative estimate of drug-likeness (QED) is 0.568. The second kappa shape index (κ2) is 5.76. The molecule has 0 aliphatic carbocycles. The van der Waals surface area contributed by atoms with Crippen LogP contribution in [-0.2, 0) is 6.61 Å². The van der Waals surface area contributed by atoms with Crippen molar-refractivity contribution >= 4 is 16.7 Å². The van der Waals surface area contributed by atoms with E-state index in [-0.39, 0.29) is 0 Å². The van der Waals surface area contributed by atoms with E-state index in [4.69, 9.17) is 10.6 Å². The van der Waals surface area contributed by atoms with Gasteiger partial charge in [-0.15, -0.1) is 0 Å². The van der Waals surface area contributed by atoms with E-state index in [0.29, 0.717) is 12.4 Å². The molecule has 3 aromatic rings. The van der Waals surface area contributed by atoms with Crippen molar-refractivity contribution < 1.29 is 4.74 Å². The summed E-state index contributed by atoms with van der Waals surface area (Å²) < 4.78 is 5.88. The number of aromatic nitrogens is 2. The van der Waals surface area contributed by atoms with Crippen LogP contribution >= 0.6 is 0 Å². The van der Waals surface area contributed by atoms with Gasteiger partial charge in [-0.25, -0.2) is 15.8 Å². The number of nitrogens with two attached hydrogens (primary N) is 1. The highest BCUT2D eigenvalue weighted by Crippen LogP contribution is 2.24. The third kappa shape index (κ3) is 2.93. The Kier molecular flexibility index (Phi) is 3.66. The molecule has 0 unspecified atom stereocenters. The highest BCUT2D eigenvalue weighted by molar-refractivity contribution is 5.84. The summed E-state index contributed by atoms with van der Waals surface area (Å²) in [4.78, 5) is 8.70. The average Bonchev–Trinajstić information content (AvgIpc) is 2.53. The lowest BCUT2D eigenvalue weighted by molar-refractivity contribution is 0.309. The molecule has 5 nitrogen and oxygen atoms in total. The van der Waals surface area contributed by atoms with Gasteiger partial charge < -0.3 is 10.2 Å². The number of para-hydroxylation sites is 1. The van der Waals surface area contributed by atoms with E-state index in [1.54, 1.807) is 6.20 Å². The average molecular weight is 280 g/mol. The Morgan fingerprint density at radius 3 is 2.81 bits per heavy atom. The van der Waals surface area contributed by atoms with Gasteiger partial charge in [-0.05, 0) is 25.1 Å². The van der Waals surface area contributed by atoms with Crippen LogP contribution in [0, 0.1) is 6.92 Å². The second-order valence-electron chi connectivity index (χ2n) is 4.77. The molecule has 21 heavy (non-hydrogen) atoms. The minimum atomic E-state index is 0.437. The van der Waals surface area contributed by atoms with Gasteiger partial charge in [-0.3, -0.25) is 0 Å². The van der Waals surface area contributed by atoms with Crippen LogP contribution in [0.5, 0.6) is 5.75 Å². The van der Waals surface area contributed by atoms with Gasteiger partial charge in [0.15, 0.2) is 0 Å². The maximum Gasteiger partial charge on any atom is 0.146 e. The number of nitrogens with zero attached hydrogens (tertiary/aromatic N) is 2.